The normalized spacial score (nSPS) is 15.2. The third-order valence-electron chi connectivity index (χ3n) is 3.67. The van der Waals surface area contributed by atoms with E-state index >= 15 is 0 Å². The molecule has 1 aliphatic rings. The molecule has 0 saturated carbocycles. The highest BCUT2D eigenvalue weighted by Crippen LogP contribution is 2.14. The van der Waals surface area contributed by atoms with Gasteiger partial charge in [-0.05, 0) is 30.7 Å². The molecule has 9 heteroatoms. The van der Waals surface area contributed by atoms with Crippen LogP contribution in [-0.2, 0) is 15.8 Å². The van der Waals surface area contributed by atoms with Gasteiger partial charge >= 0.3 is 0 Å². The molecule has 1 fully saturated rings. The lowest BCUT2D eigenvalue weighted by Crippen LogP contribution is -2.44. The molecule has 0 unspecified atom stereocenters. The van der Waals surface area contributed by atoms with E-state index in [4.69, 9.17) is 4.74 Å². The molecule has 2 rings (SSSR count). The number of nitrogens with zero attached hydrogens (tertiary/aromatic N) is 1. The molecule has 1 aromatic carbocycles. The maximum atomic E-state index is 12.1. The lowest BCUT2D eigenvalue weighted by Gasteiger charge is -2.27. The van der Waals surface area contributed by atoms with Gasteiger partial charge in [-0.2, -0.15) is 0 Å². The average Bonchev–Trinajstić information content (AvgIpc) is 2.52. The van der Waals surface area contributed by atoms with Crippen molar-refractivity contribution in [2.24, 2.45) is 0 Å². The molecule has 1 aliphatic heterocycles. The smallest absolute Gasteiger partial charge is 0.215 e. The monoisotopic (exact) mass is 399 g/mol. The highest BCUT2D eigenvalue weighted by molar-refractivity contribution is 7.88. The number of halogens is 2. The van der Waals surface area contributed by atoms with Crippen molar-refractivity contribution < 1.29 is 13.2 Å². The van der Waals surface area contributed by atoms with E-state index in [1.165, 1.54) is 0 Å². The number of nitrogens with one attached hydrogen (secondary N) is 2. The van der Waals surface area contributed by atoms with E-state index < -0.39 is 10.0 Å². The van der Waals surface area contributed by atoms with Crippen LogP contribution in [0.5, 0.6) is 5.75 Å². The van der Waals surface area contributed by atoms with Gasteiger partial charge in [0.25, 0.3) is 0 Å². The zero-order valence-electron chi connectivity index (χ0n) is 13.9. The van der Waals surface area contributed by atoms with Crippen molar-refractivity contribution in [3.63, 3.8) is 0 Å². The number of hydrogen-bond acceptors (Lipinski definition) is 5. The van der Waals surface area contributed by atoms with Crippen LogP contribution < -0.4 is 14.8 Å². The van der Waals surface area contributed by atoms with E-state index in [0.29, 0.717) is 12.3 Å². The fraction of sp³-hybridized carbons (Fsp3) is 0.600. The van der Waals surface area contributed by atoms with Crippen molar-refractivity contribution in [3.8, 4) is 5.75 Å². The summed E-state index contributed by atoms with van der Waals surface area (Å²) >= 11 is 0. The SMILES string of the molecule is COc1cccc(CS(=O)(=O)NCCCN2CCNCC2)c1.Cl.Cl. The largest absolute Gasteiger partial charge is 0.497 e. The van der Waals surface area contributed by atoms with Crippen molar-refractivity contribution in [2.75, 3.05) is 46.4 Å². The van der Waals surface area contributed by atoms with Gasteiger partial charge in [-0.3, -0.25) is 0 Å². The van der Waals surface area contributed by atoms with Crippen molar-refractivity contribution in [1.29, 1.82) is 0 Å². The minimum Gasteiger partial charge on any atom is -0.497 e. The Morgan fingerprint density at radius 3 is 2.62 bits per heavy atom. The first-order valence-corrected chi connectivity index (χ1v) is 9.28. The van der Waals surface area contributed by atoms with Crippen molar-refractivity contribution in [1.82, 2.24) is 14.9 Å². The van der Waals surface area contributed by atoms with Crippen LogP contribution in [0.15, 0.2) is 24.3 Å². The van der Waals surface area contributed by atoms with Gasteiger partial charge in [0.15, 0.2) is 0 Å². The van der Waals surface area contributed by atoms with Crippen molar-refractivity contribution in [2.45, 2.75) is 12.2 Å². The van der Waals surface area contributed by atoms with Crippen LogP contribution in [-0.4, -0.2) is 59.7 Å². The molecule has 24 heavy (non-hydrogen) atoms. The van der Waals surface area contributed by atoms with Gasteiger partial charge < -0.3 is 15.0 Å². The average molecular weight is 400 g/mol. The first-order valence-electron chi connectivity index (χ1n) is 7.62. The molecule has 0 radical (unpaired) electrons. The highest BCUT2D eigenvalue weighted by Gasteiger charge is 2.13. The molecule has 2 N–H and O–H groups in total. The molecule has 1 saturated heterocycles. The van der Waals surface area contributed by atoms with Gasteiger partial charge in [-0.25, -0.2) is 13.1 Å². The maximum Gasteiger partial charge on any atom is 0.215 e. The number of hydrogen-bond donors (Lipinski definition) is 2. The molecule has 0 aromatic heterocycles. The molecular formula is C15H27Cl2N3O3S. The summed E-state index contributed by atoms with van der Waals surface area (Å²) in [7, 11) is -1.73. The van der Waals surface area contributed by atoms with Gasteiger partial charge in [0, 0.05) is 32.7 Å². The lowest BCUT2D eigenvalue weighted by molar-refractivity contribution is 0.239. The van der Waals surface area contributed by atoms with Crippen LogP contribution in [0.2, 0.25) is 0 Å². The molecule has 0 amide bonds. The standard InChI is InChI=1S/C15H25N3O3S.2ClH/c1-21-15-5-2-4-14(12-15)13-22(19,20)17-6-3-9-18-10-7-16-8-11-18;;/h2,4-5,12,16-17H,3,6-11,13H2,1H3;2*1H. The first-order chi connectivity index (χ1) is 10.6. The molecule has 6 nitrogen and oxygen atoms in total. The summed E-state index contributed by atoms with van der Waals surface area (Å²) in [5, 5.41) is 3.30. The third kappa shape index (κ3) is 8.50. The van der Waals surface area contributed by atoms with Crippen LogP contribution in [0.4, 0.5) is 0 Å². The first kappa shape index (κ1) is 23.4. The maximum absolute atomic E-state index is 12.1. The van der Waals surface area contributed by atoms with Crippen LogP contribution >= 0.6 is 24.8 Å². The number of ether oxygens (including phenoxy) is 1. The summed E-state index contributed by atoms with van der Waals surface area (Å²) in [5.41, 5.74) is 0.731. The van der Waals surface area contributed by atoms with Gasteiger partial charge in [0.1, 0.15) is 5.75 Å². The van der Waals surface area contributed by atoms with Gasteiger partial charge in [0.2, 0.25) is 10.0 Å². The number of benzene rings is 1. The Bertz CT molecular complexity index is 567. The zero-order valence-corrected chi connectivity index (χ0v) is 16.3. The Labute approximate surface area is 157 Å². The lowest BCUT2D eigenvalue weighted by atomic mass is 10.2. The second-order valence-electron chi connectivity index (χ2n) is 5.45. The Morgan fingerprint density at radius 2 is 1.96 bits per heavy atom. The summed E-state index contributed by atoms with van der Waals surface area (Å²) in [6.07, 6.45) is 0.831. The summed E-state index contributed by atoms with van der Waals surface area (Å²) in [6.45, 7) is 5.52. The van der Waals surface area contributed by atoms with Gasteiger partial charge in [-0.1, -0.05) is 12.1 Å². The Balaban J connectivity index is 0.00000264. The van der Waals surface area contributed by atoms with E-state index in [1.807, 2.05) is 0 Å². The fourth-order valence-corrected chi connectivity index (χ4v) is 3.67. The minimum atomic E-state index is -3.30. The molecule has 1 heterocycles. The molecule has 0 bridgehead atoms. The number of rotatable bonds is 8. The van der Waals surface area contributed by atoms with Crippen LogP contribution in [0.25, 0.3) is 0 Å². The van der Waals surface area contributed by atoms with E-state index in [-0.39, 0.29) is 30.6 Å². The Morgan fingerprint density at radius 1 is 1.25 bits per heavy atom. The van der Waals surface area contributed by atoms with E-state index in [1.54, 1.807) is 31.4 Å². The predicted molar refractivity (Wildman–Crippen MR) is 102 cm³/mol. The van der Waals surface area contributed by atoms with Gasteiger partial charge in [-0.15, -0.1) is 24.8 Å². The number of sulfonamides is 1. The third-order valence-corrected chi connectivity index (χ3v) is 5.03. The minimum absolute atomic E-state index is 0. The van der Waals surface area contributed by atoms with Crippen molar-refractivity contribution in [3.05, 3.63) is 29.8 Å². The van der Waals surface area contributed by atoms with Crippen LogP contribution in [0.3, 0.4) is 0 Å². The van der Waals surface area contributed by atoms with Crippen LogP contribution in [0.1, 0.15) is 12.0 Å². The predicted octanol–water partition coefficient (Wildman–Crippen LogP) is 1.25. The fourth-order valence-electron chi connectivity index (χ4n) is 2.50. The van der Waals surface area contributed by atoms with Gasteiger partial charge in [0.05, 0.1) is 12.9 Å². The molecule has 140 valence electrons. The topological polar surface area (TPSA) is 70.7 Å². The highest BCUT2D eigenvalue weighted by atomic mass is 35.5. The summed E-state index contributed by atoms with van der Waals surface area (Å²) in [6, 6.07) is 7.15. The summed E-state index contributed by atoms with van der Waals surface area (Å²) in [4.78, 5) is 2.35. The zero-order chi connectivity index (χ0) is 15.8. The van der Waals surface area contributed by atoms with E-state index in [0.717, 1.165) is 44.7 Å². The second kappa shape index (κ2) is 11.9. The molecule has 1 aromatic rings. The van der Waals surface area contributed by atoms with Crippen molar-refractivity contribution >= 4 is 34.8 Å². The molecule has 0 atom stereocenters. The molecule has 0 spiro atoms. The number of methoxy groups -OCH3 is 1. The second-order valence-corrected chi connectivity index (χ2v) is 7.26. The van der Waals surface area contributed by atoms with E-state index in [9.17, 15) is 8.42 Å². The quantitative estimate of drug-likeness (QED) is 0.643. The van der Waals surface area contributed by atoms with E-state index in [2.05, 4.69) is 14.9 Å². The molecular weight excluding hydrogens is 373 g/mol. The number of piperazine rings is 1. The van der Waals surface area contributed by atoms with Crippen LogP contribution in [0, 0.1) is 0 Å². The Kier molecular flexibility index (Phi) is 11.6. The summed E-state index contributed by atoms with van der Waals surface area (Å²) < 4.78 is 31.9. The molecule has 0 aliphatic carbocycles. The summed E-state index contributed by atoms with van der Waals surface area (Å²) in [5.74, 6) is 0.657. The Hall–Kier alpha value is -0.570.